The highest BCUT2D eigenvalue weighted by Crippen LogP contribution is 2.43. The van der Waals surface area contributed by atoms with E-state index in [9.17, 15) is 24.8 Å². The number of carbonyl (C=O) groups excluding carboxylic acids is 2. The van der Waals surface area contributed by atoms with E-state index in [4.69, 9.17) is 19.9 Å². The zero-order valence-corrected chi connectivity index (χ0v) is 18.6. The van der Waals surface area contributed by atoms with Gasteiger partial charge in [-0.2, -0.15) is 5.26 Å². The first-order valence-electron chi connectivity index (χ1n) is 9.87. The monoisotopic (exact) mass is 463 g/mol. The van der Waals surface area contributed by atoms with Crippen LogP contribution in [0.25, 0.3) is 0 Å². The lowest BCUT2D eigenvalue weighted by Gasteiger charge is -2.36. The molecule has 2 aromatic rings. The molecule has 0 saturated carbocycles. The molecule has 1 atom stereocenters. The largest absolute Gasteiger partial charge is 0.496 e. The Labute approximate surface area is 195 Å². The van der Waals surface area contributed by atoms with Gasteiger partial charge in [-0.1, -0.05) is 30.3 Å². The normalized spacial score (nSPS) is 15.5. The quantitative estimate of drug-likeness (QED) is 0.610. The molecule has 3 N–H and O–H groups in total. The SMILES string of the molecule is COC(=O)C1=C(C(=O)OC)N(c2ccc(OC)c(C(=O)O)c2)C(N)=C(C#N)C1c1ccccc1. The number of carboxylic acids is 1. The Morgan fingerprint density at radius 2 is 1.68 bits per heavy atom. The van der Waals surface area contributed by atoms with Crippen molar-refractivity contribution in [1.82, 2.24) is 0 Å². The Hall–Kier alpha value is -4.78. The number of esters is 2. The van der Waals surface area contributed by atoms with E-state index in [1.165, 1.54) is 25.3 Å². The number of nitrogens with two attached hydrogens (primary N) is 1. The van der Waals surface area contributed by atoms with Crippen LogP contribution in [0.1, 0.15) is 21.8 Å². The topological polar surface area (TPSA) is 152 Å². The third kappa shape index (κ3) is 4.02. The van der Waals surface area contributed by atoms with Crippen molar-refractivity contribution in [1.29, 1.82) is 5.26 Å². The van der Waals surface area contributed by atoms with Gasteiger partial charge >= 0.3 is 17.9 Å². The molecule has 0 bridgehead atoms. The number of aromatic carboxylic acids is 1. The molecule has 174 valence electrons. The van der Waals surface area contributed by atoms with Gasteiger partial charge in [0.15, 0.2) is 0 Å². The number of rotatable bonds is 6. The molecule has 10 nitrogen and oxygen atoms in total. The molecule has 2 aromatic carbocycles. The van der Waals surface area contributed by atoms with E-state index in [1.807, 2.05) is 6.07 Å². The molecule has 0 radical (unpaired) electrons. The number of nitrogens with zero attached hydrogens (tertiary/aromatic N) is 2. The maximum Gasteiger partial charge on any atom is 0.355 e. The van der Waals surface area contributed by atoms with E-state index < -0.39 is 23.8 Å². The van der Waals surface area contributed by atoms with Crippen LogP contribution in [0, 0.1) is 11.3 Å². The van der Waals surface area contributed by atoms with Gasteiger partial charge in [-0.05, 0) is 23.8 Å². The number of benzene rings is 2. The predicted octanol–water partition coefficient (Wildman–Crippen LogP) is 2.29. The number of nitriles is 1. The zero-order valence-electron chi connectivity index (χ0n) is 18.6. The molecule has 1 heterocycles. The second-order valence-electron chi connectivity index (χ2n) is 7.03. The standard InChI is InChI=1S/C24H21N3O7/c1-32-17-10-9-14(11-15(17)22(28)29)27-20(24(31)34-3)19(23(30)33-2)18(16(12-25)21(27)26)13-7-5-4-6-8-13/h4-11,18H,26H2,1-3H3,(H,28,29). The van der Waals surface area contributed by atoms with Crippen LogP contribution in [0.2, 0.25) is 0 Å². The highest BCUT2D eigenvalue weighted by atomic mass is 16.5. The van der Waals surface area contributed by atoms with Gasteiger partial charge in [-0.15, -0.1) is 0 Å². The van der Waals surface area contributed by atoms with Gasteiger partial charge in [0.05, 0.1) is 44.5 Å². The Morgan fingerprint density at radius 3 is 2.21 bits per heavy atom. The molecular weight excluding hydrogens is 442 g/mol. The van der Waals surface area contributed by atoms with E-state index in [2.05, 4.69) is 0 Å². The summed E-state index contributed by atoms with van der Waals surface area (Å²) < 4.78 is 15.0. The molecule has 34 heavy (non-hydrogen) atoms. The average Bonchev–Trinajstić information content (AvgIpc) is 2.86. The summed E-state index contributed by atoms with van der Waals surface area (Å²) in [7, 11) is 3.57. The number of ether oxygens (including phenoxy) is 3. The first-order chi connectivity index (χ1) is 16.3. The Kier molecular flexibility index (Phi) is 6.87. The van der Waals surface area contributed by atoms with Crippen LogP contribution in [0.5, 0.6) is 5.75 Å². The molecule has 1 aliphatic heterocycles. The Bertz CT molecular complexity index is 1260. The lowest BCUT2D eigenvalue weighted by molar-refractivity contribution is -0.139. The van der Waals surface area contributed by atoms with Gasteiger partial charge in [0.2, 0.25) is 0 Å². The molecule has 0 aromatic heterocycles. The Balaban J connectivity index is 2.42. The Morgan fingerprint density at radius 1 is 1.03 bits per heavy atom. The molecule has 0 saturated heterocycles. The van der Waals surface area contributed by atoms with Crippen LogP contribution in [0.15, 0.2) is 71.2 Å². The van der Waals surface area contributed by atoms with E-state index >= 15 is 0 Å². The molecule has 0 fully saturated rings. The second kappa shape index (κ2) is 9.79. The maximum absolute atomic E-state index is 13.0. The minimum atomic E-state index is -1.29. The van der Waals surface area contributed by atoms with E-state index in [1.54, 1.807) is 30.3 Å². The van der Waals surface area contributed by atoms with Crippen LogP contribution < -0.4 is 15.4 Å². The first-order valence-corrected chi connectivity index (χ1v) is 9.87. The fraction of sp³-hybridized carbons (Fsp3) is 0.167. The van der Waals surface area contributed by atoms with Gasteiger partial charge in [0, 0.05) is 5.69 Å². The van der Waals surface area contributed by atoms with Crippen LogP contribution in [-0.2, 0) is 19.1 Å². The molecule has 0 aliphatic carbocycles. The molecule has 3 rings (SSSR count). The van der Waals surface area contributed by atoms with Gasteiger partial charge in [0.25, 0.3) is 0 Å². The summed E-state index contributed by atoms with van der Waals surface area (Å²) in [4.78, 5) is 38.9. The van der Waals surface area contributed by atoms with Gasteiger partial charge in [0.1, 0.15) is 22.8 Å². The summed E-state index contributed by atoms with van der Waals surface area (Å²) in [5.41, 5.74) is 6.26. The van der Waals surface area contributed by atoms with Gasteiger partial charge < -0.3 is 25.1 Å². The molecule has 1 unspecified atom stereocenters. The van der Waals surface area contributed by atoms with Crippen molar-refractivity contribution >= 4 is 23.6 Å². The number of carboxylic acid groups (broad SMARTS) is 1. The van der Waals surface area contributed by atoms with Crippen molar-refractivity contribution in [2.75, 3.05) is 26.2 Å². The van der Waals surface area contributed by atoms with Crippen LogP contribution in [-0.4, -0.2) is 44.3 Å². The number of hydrogen-bond donors (Lipinski definition) is 2. The van der Waals surface area contributed by atoms with Crippen molar-refractivity contribution < 1.29 is 33.7 Å². The molecule has 1 aliphatic rings. The smallest absolute Gasteiger partial charge is 0.355 e. The minimum absolute atomic E-state index is 0.0352. The third-order valence-electron chi connectivity index (χ3n) is 5.28. The number of allylic oxidation sites excluding steroid dienone is 1. The van der Waals surface area contributed by atoms with Crippen LogP contribution >= 0.6 is 0 Å². The van der Waals surface area contributed by atoms with E-state index in [0.717, 1.165) is 19.1 Å². The molecular formula is C24H21N3O7. The second-order valence-corrected chi connectivity index (χ2v) is 7.03. The highest BCUT2D eigenvalue weighted by molar-refractivity contribution is 6.06. The van der Waals surface area contributed by atoms with Crippen molar-refractivity contribution in [3.63, 3.8) is 0 Å². The molecule has 0 amide bonds. The molecule has 0 spiro atoms. The number of hydrogen-bond acceptors (Lipinski definition) is 9. The number of methoxy groups -OCH3 is 3. The summed E-state index contributed by atoms with van der Waals surface area (Å²) in [6, 6.07) is 14.6. The average molecular weight is 463 g/mol. The van der Waals surface area contributed by atoms with Crippen molar-refractivity contribution in [2.24, 2.45) is 5.73 Å². The summed E-state index contributed by atoms with van der Waals surface area (Å²) in [6.07, 6.45) is 0. The molecule has 10 heteroatoms. The number of carbonyl (C=O) groups is 3. The fourth-order valence-electron chi connectivity index (χ4n) is 3.78. The highest BCUT2D eigenvalue weighted by Gasteiger charge is 2.43. The van der Waals surface area contributed by atoms with Crippen molar-refractivity contribution in [3.8, 4) is 11.8 Å². The maximum atomic E-state index is 13.0. The first kappa shape index (κ1) is 23.9. The fourth-order valence-corrected chi connectivity index (χ4v) is 3.78. The van der Waals surface area contributed by atoms with Gasteiger partial charge in [-0.25, -0.2) is 14.4 Å². The van der Waals surface area contributed by atoms with Gasteiger partial charge in [-0.3, -0.25) is 4.90 Å². The van der Waals surface area contributed by atoms with E-state index in [-0.39, 0.29) is 39.7 Å². The predicted molar refractivity (Wildman–Crippen MR) is 119 cm³/mol. The summed E-state index contributed by atoms with van der Waals surface area (Å²) in [5.74, 6) is -4.25. The van der Waals surface area contributed by atoms with E-state index in [0.29, 0.717) is 5.56 Å². The lowest BCUT2D eigenvalue weighted by atomic mass is 9.81. The lowest BCUT2D eigenvalue weighted by Crippen LogP contribution is -2.40. The van der Waals surface area contributed by atoms with Crippen molar-refractivity contribution in [3.05, 3.63) is 82.3 Å². The summed E-state index contributed by atoms with van der Waals surface area (Å²) in [5, 5.41) is 19.6. The van der Waals surface area contributed by atoms with Crippen LogP contribution in [0.4, 0.5) is 5.69 Å². The minimum Gasteiger partial charge on any atom is -0.496 e. The van der Waals surface area contributed by atoms with Crippen LogP contribution in [0.3, 0.4) is 0 Å². The zero-order chi connectivity index (χ0) is 25.0. The summed E-state index contributed by atoms with van der Waals surface area (Å²) >= 11 is 0. The third-order valence-corrected chi connectivity index (χ3v) is 5.28. The number of anilines is 1. The van der Waals surface area contributed by atoms with Crippen molar-refractivity contribution in [2.45, 2.75) is 5.92 Å². The summed E-state index contributed by atoms with van der Waals surface area (Å²) in [6.45, 7) is 0.